The first-order valence-corrected chi connectivity index (χ1v) is 12.8. The fourth-order valence-electron chi connectivity index (χ4n) is 3.51. The van der Waals surface area contributed by atoms with E-state index >= 15 is 0 Å². The summed E-state index contributed by atoms with van der Waals surface area (Å²) < 4.78 is 11.4. The van der Waals surface area contributed by atoms with Gasteiger partial charge in [0.05, 0.1) is 6.26 Å². The number of carbonyl (C=O) groups is 1. The summed E-state index contributed by atoms with van der Waals surface area (Å²) in [4.78, 5) is 15.3. The lowest BCUT2D eigenvalue weighted by molar-refractivity contribution is -0.152. The van der Waals surface area contributed by atoms with Gasteiger partial charge in [0.15, 0.2) is 0 Å². The maximum Gasteiger partial charge on any atom is 0.323 e. The lowest BCUT2D eigenvalue weighted by Gasteiger charge is -2.22. The van der Waals surface area contributed by atoms with Crippen LogP contribution in [0, 0.1) is 0 Å². The molecule has 4 nitrogen and oxygen atoms in total. The first kappa shape index (κ1) is 25.4. The molecule has 0 aliphatic heterocycles. The van der Waals surface area contributed by atoms with Crippen molar-refractivity contribution < 1.29 is 13.9 Å². The minimum absolute atomic E-state index is 0.0499. The number of carbonyl (C=O) groups excluding carboxylic acids is 1. The van der Waals surface area contributed by atoms with Gasteiger partial charge in [0.2, 0.25) is 0 Å². The van der Waals surface area contributed by atoms with Gasteiger partial charge in [-0.15, -0.1) is 0 Å². The van der Waals surface area contributed by atoms with Gasteiger partial charge in [-0.3, -0.25) is 10.1 Å². The molecule has 3 rings (SSSR count). The molecule has 3 aromatic rings. The molecule has 0 radical (unpaired) electrons. The van der Waals surface area contributed by atoms with Crippen molar-refractivity contribution in [1.29, 1.82) is 0 Å². The Morgan fingerprint density at radius 3 is 2.58 bits per heavy atom. The third-order valence-electron chi connectivity index (χ3n) is 5.44. The first-order valence-electron chi connectivity index (χ1n) is 11.6. The second kappa shape index (κ2) is 13.5. The van der Waals surface area contributed by atoms with Crippen LogP contribution in [0.3, 0.4) is 0 Å². The molecule has 0 aliphatic rings. The van der Waals surface area contributed by atoms with Gasteiger partial charge in [-0.1, -0.05) is 68.3 Å². The fraction of sp³-hybridized carbons (Fsp3) is 0.370. The maximum absolute atomic E-state index is 13.1. The predicted molar refractivity (Wildman–Crippen MR) is 135 cm³/mol. The van der Waals surface area contributed by atoms with Crippen molar-refractivity contribution in [2.75, 3.05) is 0 Å². The van der Waals surface area contributed by atoms with Gasteiger partial charge in [0, 0.05) is 27.8 Å². The van der Waals surface area contributed by atoms with Gasteiger partial charge in [0.1, 0.15) is 17.9 Å². The van der Waals surface area contributed by atoms with E-state index in [-0.39, 0.29) is 12.1 Å². The molecular weight excluding hydrogens is 454 g/mol. The molecule has 0 saturated heterocycles. The number of benzene rings is 2. The summed E-state index contributed by atoms with van der Waals surface area (Å²) in [5, 5.41) is 4.15. The van der Waals surface area contributed by atoms with E-state index < -0.39 is 6.04 Å². The molecule has 176 valence electrons. The Morgan fingerprint density at radius 1 is 1.09 bits per heavy atom. The third kappa shape index (κ3) is 8.26. The Hall–Kier alpha value is -2.21. The van der Waals surface area contributed by atoms with Crippen molar-refractivity contribution in [3.8, 4) is 0 Å². The number of furan rings is 1. The molecule has 33 heavy (non-hydrogen) atoms. The molecule has 6 heteroatoms. The number of hydrogen-bond acceptors (Lipinski definition) is 5. The average molecular weight is 486 g/mol. The highest BCUT2D eigenvalue weighted by molar-refractivity contribution is 7.99. The maximum atomic E-state index is 13.1. The predicted octanol–water partition coefficient (Wildman–Crippen LogP) is 7.30. The van der Waals surface area contributed by atoms with Gasteiger partial charge < -0.3 is 9.15 Å². The average Bonchev–Trinajstić information content (AvgIpc) is 3.34. The van der Waals surface area contributed by atoms with Crippen LogP contribution in [-0.2, 0) is 22.5 Å². The fourth-order valence-corrected chi connectivity index (χ4v) is 4.58. The molecule has 0 saturated carbocycles. The van der Waals surface area contributed by atoms with E-state index in [1.807, 2.05) is 48.5 Å². The zero-order valence-electron chi connectivity index (χ0n) is 19.3. The second-order valence-electron chi connectivity index (χ2n) is 7.99. The molecule has 1 aromatic heterocycles. The number of esters is 1. The normalized spacial score (nSPS) is 12.9. The summed E-state index contributed by atoms with van der Waals surface area (Å²) in [6.45, 7) is 4.76. The summed E-state index contributed by atoms with van der Waals surface area (Å²) in [5.41, 5.74) is 1.12. The molecule has 0 aliphatic carbocycles. The number of rotatable bonds is 13. The molecule has 1 unspecified atom stereocenters. The summed E-state index contributed by atoms with van der Waals surface area (Å²) >= 11 is 7.70. The minimum Gasteiger partial charge on any atom is -0.469 e. The second-order valence-corrected chi connectivity index (χ2v) is 9.54. The summed E-state index contributed by atoms with van der Waals surface area (Å²) in [5.74, 6) is 0.534. The van der Waals surface area contributed by atoms with Crippen LogP contribution in [0.5, 0.6) is 0 Å². The Bertz CT molecular complexity index is 975. The van der Waals surface area contributed by atoms with E-state index in [9.17, 15) is 4.79 Å². The number of unbranched alkanes of at least 4 members (excludes halogenated alkanes) is 1. The monoisotopic (exact) mass is 485 g/mol. The molecule has 0 fully saturated rings. The number of ether oxygens (including phenoxy) is 1. The van der Waals surface area contributed by atoms with E-state index in [0.29, 0.717) is 13.0 Å². The number of nitrogens with one attached hydrogen (secondary N) is 1. The third-order valence-corrected chi connectivity index (χ3v) is 6.82. The minimum atomic E-state index is -0.486. The lowest BCUT2D eigenvalue weighted by Crippen LogP contribution is -2.41. The van der Waals surface area contributed by atoms with Crippen LogP contribution in [0.25, 0.3) is 0 Å². The topological polar surface area (TPSA) is 51.5 Å². The van der Waals surface area contributed by atoms with Crippen molar-refractivity contribution in [1.82, 2.24) is 5.32 Å². The highest BCUT2D eigenvalue weighted by Crippen LogP contribution is 2.31. The van der Waals surface area contributed by atoms with Crippen LogP contribution in [0.15, 0.2) is 81.1 Å². The molecule has 0 amide bonds. The summed E-state index contributed by atoms with van der Waals surface area (Å²) in [6, 6.07) is 19.3. The quantitative estimate of drug-likeness (QED) is 0.257. The van der Waals surface area contributed by atoms with E-state index in [4.69, 9.17) is 20.8 Å². The SMILES string of the molecule is CCCCC(CC)OC(=O)[C@H](Cc1ccco1)NCc1ccccc1Sc1ccc(Cl)cc1. The van der Waals surface area contributed by atoms with Crippen LogP contribution in [0.4, 0.5) is 0 Å². The van der Waals surface area contributed by atoms with Crippen molar-refractivity contribution in [2.45, 2.75) is 74.4 Å². The van der Waals surface area contributed by atoms with Crippen molar-refractivity contribution in [3.63, 3.8) is 0 Å². The number of hydrogen-bond donors (Lipinski definition) is 1. The van der Waals surface area contributed by atoms with Crippen LogP contribution < -0.4 is 5.32 Å². The van der Waals surface area contributed by atoms with Crippen LogP contribution >= 0.6 is 23.4 Å². The van der Waals surface area contributed by atoms with Gasteiger partial charge in [-0.2, -0.15) is 0 Å². The van der Waals surface area contributed by atoms with Gasteiger partial charge in [-0.25, -0.2) is 0 Å². The van der Waals surface area contributed by atoms with E-state index in [2.05, 4.69) is 31.3 Å². The van der Waals surface area contributed by atoms with Gasteiger partial charge in [0.25, 0.3) is 0 Å². The van der Waals surface area contributed by atoms with Gasteiger partial charge >= 0.3 is 5.97 Å². The lowest BCUT2D eigenvalue weighted by atomic mass is 10.1. The van der Waals surface area contributed by atoms with Crippen LogP contribution in [0.1, 0.15) is 50.9 Å². The van der Waals surface area contributed by atoms with E-state index in [1.165, 1.54) is 0 Å². The largest absolute Gasteiger partial charge is 0.469 e. The molecule has 2 aromatic carbocycles. The smallest absolute Gasteiger partial charge is 0.323 e. The van der Waals surface area contributed by atoms with Crippen molar-refractivity contribution in [3.05, 3.63) is 83.3 Å². The zero-order chi connectivity index (χ0) is 23.5. The van der Waals surface area contributed by atoms with Crippen molar-refractivity contribution >= 4 is 29.3 Å². The first-order chi connectivity index (χ1) is 16.1. The number of halogens is 1. The summed E-state index contributed by atoms with van der Waals surface area (Å²) in [6.07, 6.45) is 5.88. The van der Waals surface area contributed by atoms with Crippen molar-refractivity contribution in [2.24, 2.45) is 0 Å². The highest BCUT2D eigenvalue weighted by Gasteiger charge is 2.24. The van der Waals surface area contributed by atoms with E-state index in [0.717, 1.165) is 51.8 Å². The van der Waals surface area contributed by atoms with Crippen LogP contribution in [-0.4, -0.2) is 18.1 Å². The Balaban J connectivity index is 1.70. The Labute approximate surface area is 206 Å². The Kier molecular flexibility index (Phi) is 10.4. The molecule has 1 heterocycles. The van der Waals surface area contributed by atoms with Gasteiger partial charge in [-0.05, 0) is 60.9 Å². The zero-order valence-corrected chi connectivity index (χ0v) is 20.8. The highest BCUT2D eigenvalue weighted by atomic mass is 35.5. The molecule has 2 atom stereocenters. The molecule has 0 bridgehead atoms. The Morgan fingerprint density at radius 2 is 1.88 bits per heavy atom. The summed E-state index contributed by atoms with van der Waals surface area (Å²) in [7, 11) is 0. The van der Waals surface area contributed by atoms with E-state index in [1.54, 1.807) is 18.0 Å². The molecular formula is C27H32ClNO3S. The molecule has 0 spiro atoms. The van der Waals surface area contributed by atoms with Crippen LogP contribution in [0.2, 0.25) is 5.02 Å². The standard InChI is InChI=1S/C27H32ClNO3S/c1-3-5-10-22(4-2)32-27(30)25(18-23-11-8-17-31-23)29-19-20-9-6-7-12-26(20)33-24-15-13-21(28)14-16-24/h6-9,11-17,22,25,29H,3-5,10,18-19H2,1-2H3/t22?,25-/m0/s1. The molecule has 1 N–H and O–H groups in total.